The number of rotatable bonds is 6. The molecule has 0 aromatic rings. The summed E-state index contributed by atoms with van der Waals surface area (Å²) in [6.45, 7) is 9.01. The minimum atomic E-state index is -0.421. The third kappa shape index (κ3) is 5.29. The highest BCUT2D eigenvalue weighted by molar-refractivity contribution is 5.69. The molecule has 1 saturated carbocycles. The van der Waals surface area contributed by atoms with Gasteiger partial charge < -0.3 is 19.7 Å². The van der Waals surface area contributed by atoms with Gasteiger partial charge in [-0.1, -0.05) is 0 Å². The largest absolute Gasteiger partial charge is 0.444 e. The molecule has 1 unspecified atom stereocenters. The van der Waals surface area contributed by atoms with Crippen molar-refractivity contribution in [2.24, 2.45) is 0 Å². The Hall–Kier alpha value is -0.810. The first-order valence-corrected chi connectivity index (χ1v) is 7.77. The van der Waals surface area contributed by atoms with Gasteiger partial charge in [0.05, 0.1) is 6.10 Å². The van der Waals surface area contributed by atoms with E-state index in [0.29, 0.717) is 18.7 Å². The van der Waals surface area contributed by atoms with Crippen molar-refractivity contribution in [3.8, 4) is 0 Å². The SMILES string of the molecule is CC(C)(C)OC(=O)N(CCNCC1CCCO1)C1CC1. The maximum absolute atomic E-state index is 12.1. The van der Waals surface area contributed by atoms with Crippen molar-refractivity contribution in [2.75, 3.05) is 26.2 Å². The average molecular weight is 284 g/mol. The molecule has 2 aliphatic rings. The predicted molar refractivity (Wildman–Crippen MR) is 77.8 cm³/mol. The minimum absolute atomic E-state index is 0.182. The summed E-state index contributed by atoms with van der Waals surface area (Å²) in [5.41, 5.74) is -0.421. The summed E-state index contributed by atoms with van der Waals surface area (Å²) in [6.07, 6.45) is 4.68. The lowest BCUT2D eigenvalue weighted by molar-refractivity contribution is 0.0234. The zero-order chi connectivity index (χ0) is 14.6. The fraction of sp³-hybridized carbons (Fsp3) is 0.933. The fourth-order valence-corrected chi connectivity index (χ4v) is 2.40. The number of carbonyl (C=O) groups is 1. The Balaban J connectivity index is 1.68. The smallest absolute Gasteiger partial charge is 0.410 e. The van der Waals surface area contributed by atoms with Crippen LogP contribution >= 0.6 is 0 Å². The summed E-state index contributed by atoms with van der Waals surface area (Å²) in [6, 6.07) is 0.384. The van der Waals surface area contributed by atoms with Gasteiger partial charge in [-0.3, -0.25) is 0 Å². The van der Waals surface area contributed by atoms with E-state index in [2.05, 4.69) is 5.32 Å². The molecule has 5 heteroatoms. The summed E-state index contributed by atoms with van der Waals surface area (Å²) < 4.78 is 11.0. The Morgan fingerprint density at radius 1 is 1.35 bits per heavy atom. The fourth-order valence-electron chi connectivity index (χ4n) is 2.40. The molecule has 2 rings (SSSR count). The molecular weight excluding hydrogens is 256 g/mol. The monoisotopic (exact) mass is 284 g/mol. The van der Waals surface area contributed by atoms with E-state index in [9.17, 15) is 4.79 Å². The molecule has 0 aromatic heterocycles. The molecule has 1 N–H and O–H groups in total. The first kappa shape index (κ1) is 15.6. The average Bonchev–Trinajstić information content (AvgIpc) is 3.03. The van der Waals surface area contributed by atoms with Crippen LogP contribution in [0.1, 0.15) is 46.5 Å². The maximum atomic E-state index is 12.1. The number of hydrogen-bond donors (Lipinski definition) is 1. The molecule has 116 valence electrons. The van der Waals surface area contributed by atoms with Gasteiger partial charge in [0.1, 0.15) is 5.60 Å². The minimum Gasteiger partial charge on any atom is -0.444 e. The zero-order valence-corrected chi connectivity index (χ0v) is 13.0. The van der Waals surface area contributed by atoms with Crippen molar-refractivity contribution in [1.82, 2.24) is 10.2 Å². The van der Waals surface area contributed by atoms with Gasteiger partial charge in [0.25, 0.3) is 0 Å². The second-order valence-electron chi connectivity index (χ2n) is 6.74. The van der Waals surface area contributed by atoms with Crippen molar-refractivity contribution < 1.29 is 14.3 Å². The van der Waals surface area contributed by atoms with Crippen LogP contribution < -0.4 is 5.32 Å². The Labute approximate surface area is 122 Å². The van der Waals surface area contributed by atoms with Crippen LogP contribution in [-0.2, 0) is 9.47 Å². The molecule has 0 bridgehead atoms. The van der Waals surface area contributed by atoms with Gasteiger partial charge in [0.15, 0.2) is 0 Å². The third-order valence-electron chi connectivity index (χ3n) is 3.54. The zero-order valence-electron chi connectivity index (χ0n) is 13.0. The van der Waals surface area contributed by atoms with Crippen LogP contribution in [-0.4, -0.2) is 55.0 Å². The molecule has 1 aliphatic heterocycles. The standard InChI is InChI=1S/C15H28N2O3/c1-15(2,3)20-14(18)17(12-6-7-12)9-8-16-11-13-5-4-10-19-13/h12-13,16H,4-11H2,1-3H3. The van der Waals surface area contributed by atoms with Gasteiger partial charge in [-0.25, -0.2) is 4.79 Å². The van der Waals surface area contributed by atoms with E-state index < -0.39 is 5.60 Å². The van der Waals surface area contributed by atoms with Crippen LogP contribution in [0.3, 0.4) is 0 Å². The van der Waals surface area contributed by atoms with E-state index in [-0.39, 0.29) is 6.09 Å². The maximum Gasteiger partial charge on any atom is 0.410 e. The van der Waals surface area contributed by atoms with E-state index >= 15 is 0 Å². The molecule has 1 aliphatic carbocycles. The van der Waals surface area contributed by atoms with Crippen molar-refractivity contribution in [2.45, 2.75) is 64.2 Å². The molecule has 2 fully saturated rings. The van der Waals surface area contributed by atoms with E-state index in [0.717, 1.165) is 39.0 Å². The molecule has 1 heterocycles. The van der Waals surface area contributed by atoms with Crippen molar-refractivity contribution >= 4 is 6.09 Å². The molecule has 20 heavy (non-hydrogen) atoms. The first-order chi connectivity index (χ1) is 9.46. The summed E-state index contributed by atoms with van der Waals surface area (Å²) >= 11 is 0. The van der Waals surface area contributed by atoms with Crippen LogP contribution in [0.25, 0.3) is 0 Å². The quantitative estimate of drug-likeness (QED) is 0.759. The Kier molecular flexibility index (Phi) is 5.27. The Bertz CT molecular complexity index is 318. The summed E-state index contributed by atoms with van der Waals surface area (Å²) in [5, 5.41) is 3.38. The van der Waals surface area contributed by atoms with Gasteiger partial charge in [-0.05, 0) is 46.5 Å². The van der Waals surface area contributed by atoms with Gasteiger partial charge in [-0.15, -0.1) is 0 Å². The highest BCUT2D eigenvalue weighted by Crippen LogP contribution is 2.28. The lowest BCUT2D eigenvalue weighted by Crippen LogP contribution is -2.42. The van der Waals surface area contributed by atoms with Gasteiger partial charge in [-0.2, -0.15) is 0 Å². The van der Waals surface area contributed by atoms with Gasteiger partial charge >= 0.3 is 6.09 Å². The molecule has 0 radical (unpaired) electrons. The second kappa shape index (κ2) is 6.76. The first-order valence-electron chi connectivity index (χ1n) is 7.77. The number of nitrogens with one attached hydrogen (secondary N) is 1. The van der Waals surface area contributed by atoms with E-state index in [4.69, 9.17) is 9.47 Å². The number of carbonyl (C=O) groups excluding carboxylic acids is 1. The number of amides is 1. The predicted octanol–water partition coefficient (Wildman–Crippen LogP) is 2.15. The highest BCUT2D eigenvalue weighted by atomic mass is 16.6. The van der Waals surface area contributed by atoms with Crippen LogP contribution in [0.15, 0.2) is 0 Å². The highest BCUT2D eigenvalue weighted by Gasteiger charge is 2.34. The molecule has 1 amide bonds. The van der Waals surface area contributed by atoms with Crippen molar-refractivity contribution in [1.29, 1.82) is 0 Å². The lowest BCUT2D eigenvalue weighted by atomic mass is 10.2. The van der Waals surface area contributed by atoms with Crippen LogP contribution in [0.2, 0.25) is 0 Å². The van der Waals surface area contributed by atoms with Crippen LogP contribution in [0, 0.1) is 0 Å². The van der Waals surface area contributed by atoms with Crippen LogP contribution in [0.5, 0.6) is 0 Å². The molecular formula is C15H28N2O3. The van der Waals surface area contributed by atoms with E-state index in [1.165, 1.54) is 6.42 Å². The number of ether oxygens (including phenoxy) is 2. The van der Waals surface area contributed by atoms with E-state index in [1.54, 1.807) is 0 Å². The Morgan fingerprint density at radius 3 is 2.65 bits per heavy atom. The van der Waals surface area contributed by atoms with Crippen molar-refractivity contribution in [3.05, 3.63) is 0 Å². The van der Waals surface area contributed by atoms with Gasteiger partial charge in [0.2, 0.25) is 0 Å². The Morgan fingerprint density at radius 2 is 2.10 bits per heavy atom. The van der Waals surface area contributed by atoms with E-state index in [1.807, 2.05) is 25.7 Å². The summed E-state index contributed by atoms with van der Waals surface area (Å²) in [4.78, 5) is 14.0. The molecule has 1 saturated heterocycles. The summed E-state index contributed by atoms with van der Waals surface area (Å²) in [7, 11) is 0. The normalized spacial score (nSPS) is 22.9. The van der Waals surface area contributed by atoms with Crippen molar-refractivity contribution in [3.63, 3.8) is 0 Å². The number of hydrogen-bond acceptors (Lipinski definition) is 4. The van der Waals surface area contributed by atoms with Gasteiger partial charge in [0, 0.05) is 32.3 Å². The molecule has 5 nitrogen and oxygen atoms in total. The lowest BCUT2D eigenvalue weighted by Gasteiger charge is -2.27. The second-order valence-corrected chi connectivity index (χ2v) is 6.74. The topological polar surface area (TPSA) is 50.8 Å². The summed E-state index contributed by atoms with van der Waals surface area (Å²) in [5.74, 6) is 0. The van der Waals surface area contributed by atoms with Crippen LogP contribution in [0.4, 0.5) is 4.79 Å². The molecule has 0 spiro atoms. The third-order valence-corrected chi connectivity index (χ3v) is 3.54. The number of nitrogens with zero attached hydrogens (tertiary/aromatic N) is 1. The molecule has 1 atom stereocenters. The molecule has 0 aromatic carbocycles.